The number of hydrogen-bond acceptors (Lipinski definition) is 40. The molecule has 0 aliphatic carbocycles. The molecule has 45 heteroatoms. The van der Waals surface area contributed by atoms with Crippen LogP contribution in [0.4, 0.5) is 94.8 Å². The van der Waals surface area contributed by atoms with Crippen LogP contribution in [0, 0.1) is 27.7 Å². The minimum Gasteiger partial charge on any atom is -0.444 e. The Bertz CT molecular complexity index is 6660. The average Bonchev–Trinajstić information content (AvgIpc) is 0.829. The molecular formula is C98H115ClN32O9S3. The minimum atomic E-state index is -1.24. The number of carbonyl (C=O) groups excluding carboxylic acids is 3. The van der Waals surface area contributed by atoms with Gasteiger partial charge < -0.3 is 61.3 Å². The molecule has 16 rings (SSSR count). The van der Waals surface area contributed by atoms with Crippen LogP contribution in [0.15, 0.2) is 212 Å². The second-order valence-corrected chi connectivity index (χ2v) is 38.2. The molecule has 41 nitrogen and oxygen atoms in total. The summed E-state index contributed by atoms with van der Waals surface area (Å²) in [7, 11) is -1.24. The fourth-order valence-electron chi connectivity index (χ4n) is 13.4. The number of aromatic nitrogens is 20. The molecule has 0 bridgehead atoms. The van der Waals surface area contributed by atoms with Crippen LogP contribution in [0.25, 0.3) is 56.3 Å². The zero-order valence-electron chi connectivity index (χ0n) is 82.2. The van der Waals surface area contributed by atoms with Crippen molar-refractivity contribution in [3.63, 3.8) is 0 Å². The van der Waals surface area contributed by atoms with Gasteiger partial charge in [-0.15, -0.1) is 23.5 Å². The highest BCUT2D eigenvalue weighted by atomic mass is 35.5. The maximum absolute atomic E-state index is 12.2. The van der Waals surface area contributed by atoms with Crippen molar-refractivity contribution in [1.82, 2.24) is 109 Å². The normalized spacial score (nSPS) is 12.7. The maximum Gasteiger partial charge on any atom is 0.412 e. The predicted octanol–water partition coefficient (Wildman–Crippen LogP) is 17.8. The summed E-state index contributed by atoms with van der Waals surface area (Å²) in [5, 5.41) is 30.9. The zero-order valence-corrected chi connectivity index (χ0v) is 85.4. The number of anilines is 14. The molecule has 2 saturated heterocycles. The van der Waals surface area contributed by atoms with Crippen LogP contribution in [-0.2, 0) is 34.5 Å². The van der Waals surface area contributed by atoms with Crippen molar-refractivity contribution in [3.05, 3.63) is 225 Å². The van der Waals surface area contributed by atoms with Crippen LogP contribution in [0.3, 0.4) is 0 Å². The van der Waals surface area contributed by atoms with Gasteiger partial charge in [0.15, 0.2) is 0 Å². The number of nitrogen functional groups attached to an aromatic ring is 1. The van der Waals surface area contributed by atoms with E-state index in [1.54, 1.807) is 94.3 Å². The number of nitrogens with zero attached hydrogens (tertiary/aromatic N) is 22. The van der Waals surface area contributed by atoms with Gasteiger partial charge in [0, 0.05) is 147 Å². The summed E-state index contributed by atoms with van der Waals surface area (Å²) in [5.74, 6) is 3.87. The molecule has 0 saturated carbocycles. The smallest absolute Gasteiger partial charge is 0.412 e. The van der Waals surface area contributed by atoms with Crippen LogP contribution in [0.5, 0.6) is 0 Å². The van der Waals surface area contributed by atoms with Gasteiger partial charge in [-0.1, -0.05) is 35.9 Å². The molecule has 1 atom stereocenters. The van der Waals surface area contributed by atoms with E-state index in [1.165, 1.54) is 68.7 Å². The van der Waals surface area contributed by atoms with E-state index in [-0.39, 0.29) is 0 Å². The van der Waals surface area contributed by atoms with Crippen LogP contribution in [0.1, 0.15) is 84.6 Å². The quantitative estimate of drug-likeness (QED) is 0.00989. The monoisotopic (exact) mass is 2010 g/mol. The number of thioether (sulfide) groups is 2. The average molecular weight is 2020 g/mol. The van der Waals surface area contributed by atoms with E-state index in [0.29, 0.717) is 73.2 Å². The molecule has 2 aliphatic rings. The van der Waals surface area contributed by atoms with E-state index < -0.39 is 45.9 Å². The number of nitrogens with two attached hydrogens (primary N) is 1. The van der Waals surface area contributed by atoms with E-state index >= 15 is 0 Å². The molecule has 1 unspecified atom stereocenters. The number of rotatable bonds is 27. The molecule has 10 aromatic heterocycles. The highest BCUT2D eigenvalue weighted by Gasteiger charge is 2.24. The van der Waals surface area contributed by atoms with E-state index in [0.717, 1.165) is 185 Å². The number of ether oxygens (including phenoxy) is 5. The van der Waals surface area contributed by atoms with Crippen LogP contribution < -0.4 is 53.6 Å². The molecule has 14 aromatic rings. The molecule has 4 aromatic carbocycles. The van der Waals surface area contributed by atoms with Gasteiger partial charge in [0.05, 0.1) is 104 Å². The molecule has 12 heterocycles. The van der Waals surface area contributed by atoms with E-state index in [4.69, 9.17) is 41.0 Å². The summed E-state index contributed by atoms with van der Waals surface area (Å²) in [5.41, 5.74) is 20.9. The molecule has 3 amide bonds. The molecule has 143 heavy (non-hydrogen) atoms. The number of hydrogen-bond donors (Lipinski definition) is 10. The molecule has 0 radical (unpaired) electrons. The van der Waals surface area contributed by atoms with E-state index in [9.17, 15) is 18.6 Å². The molecule has 2 fully saturated rings. The Kier molecular flexibility index (Phi) is 38.9. The number of nitrogens with one attached hydrogen (secondary N) is 9. The lowest BCUT2D eigenvalue weighted by Crippen LogP contribution is -2.39. The number of amides is 3. The van der Waals surface area contributed by atoms with Crippen molar-refractivity contribution in [2.45, 2.75) is 122 Å². The Morgan fingerprint density at radius 2 is 0.699 bits per heavy atom. The fourth-order valence-corrected chi connectivity index (χ4v) is 14.8. The molecular weight excluding hydrogens is 1900 g/mol. The number of morpholine rings is 2. The van der Waals surface area contributed by atoms with Gasteiger partial charge in [0.2, 0.25) is 0 Å². The topological polar surface area (TPSA) is 513 Å². The molecule has 746 valence electrons. The lowest BCUT2D eigenvalue weighted by atomic mass is 10.1. The van der Waals surface area contributed by atoms with Crippen molar-refractivity contribution in [1.29, 1.82) is 0 Å². The van der Waals surface area contributed by atoms with Crippen molar-refractivity contribution in [2.75, 3.05) is 151 Å². The summed E-state index contributed by atoms with van der Waals surface area (Å²) in [6, 6.07) is 31.5. The number of aryl methyl sites for hydroxylation is 4. The summed E-state index contributed by atoms with van der Waals surface area (Å²) in [6.45, 7) is 34.6. The number of carbonyl (C=O) groups is 3. The summed E-state index contributed by atoms with van der Waals surface area (Å²) < 4.78 is 38.6. The van der Waals surface area contributed by atoms with Gasteiger partial charge in [0.25, 0.3) is 0 Å². The van der Waals surface area contributed by atoms with Crippen molar-refractivity contribution in [2.24, 2.45) is 0 Å². The van der Waals surface area contributed by atoms with Gasteiger partial charge in [-0.25, -0.2) is 114 Å². The first-order valence-electron chi connectivity index (χ1n) is 45.2. The number of halogens is 1. The Labute approximate surface area is 845 Å². The Morgan fingerprint density at radius 3 is 1.04 bits per heavy atom. The third-order valence-electron chi connectivity index (χ3n) is 20.5. The minimum absolute atomic E-state index is 0.399. The standard InChI is InChI=1S/C26H34N8O3.C21H26N8O.C21H24N6O3S.C21H24N6O2S.C9H7ClN4S/c1-18-5-6-19(32-25(35)37-26(2,3)4)13-21(18)33-24-20(15-27-16-31-24)22-14-23(30-17-29-22)28-7-8-34-9-11-36-12-10-34;1-15-2-3-16(22)10-18(15)28-21-17(12-23-13-27-21)19-11-20(26-14-25-19)24-4-5-29-6-8-30-9-7-29;1-13-6-7-14(26-20(28)30-21(2,3)4)8-16(13)27-19-15(10-22-11-25-19)17-9-18(31(5)29)24-12-23-17;1-13-6-7-14(26-20(28)29-21(2,3)4)8-16(13)27-19-15(10-22-11-25-19)17-9-18(30-5)24-12-23-17;1-15-8-2-7(12-5-13-8)6-3-11-4-14-9(6)10/h5-6,13-17H,7-12H2,1-4H3,(H,32,35)(H,27,31,33)(H,28,29,30);2-3,10-14H,4-9,22H2,1H3,(H,23,27,28)(H,24,25,26);6-12H,1-5H3,(H,26,28)(H,22,25,27);6-12H,1-5H3,(H,26,28)(H,22,25,27);2-5H,1H3. The van der Waals surface area contributed by atoms with E-state index in [1.807, 2.05) is 167 Å². The second-order valence-electron chi connectivity index (χ2n) is 34.8. The molecule has 0 spiro atoms. The highest BCUT2D eigenvalue weighted by Crippen LogP contribution is 2.37. The SMILES string of the molecule is CSc1cc(-c2cncnc2Cl)ncn1.CSc1cc(-c2cncnc2Nc2cc(NC(=O)OC(C)(C)C)ccc2C)ncn1.Cc1ccc(N)cc1Nc1ncncc1-c1cc(NCCN2CCOCC2)ncn1.Cc1ccc(NC(=O)OC(C)(C)C)cc1Nc1ncncc1-c1cc(NCCN2CCOCC2)ncn1.Cc1ccc(NC(=O)OC(C)(C)C)cc1Nc1ncncc1-c1cc(S(C)=O)ncn1. The highest BCUT2D eigenvalue weighted by molar-refractivity contribution is 7.98. The van der Waals surface area contributed by atoms with Crippen LogP contribution >= 0.6 is 35.1 Å². The predicted molar refractivity (Wildman–Crippen MR) is 560 cm³/mol. The van der Waals surface area contributed by atoms with Crippen molar-refractivity contribution >= 4 is 145 Å². The number of benzene rings is 4. The lowest BCUT2D eigenvalue weighted by Gasteiger charge is -2.26. The van der Waals surface area contributed by atoms with Crippen molar-refractivity contribution < 1.29 is 42.3 Å². The van der Waals surface area contributed by atoms with Gasteiger partial charge in [0.1, 0.15) is 125 Å². The van der Waals surface area contributed by atoms with Gasteiger partial charge in [-0.2, -0.15) is 0 Å². The van der Waals surface area contributed by atoms with Crippen LogP contribution in [-0.4, -0.2) is 246 Å². The summed E-state index contributed by atoms with van der Waals surface area (Å²) in [6.07, 6.45) is 27.1. The van der Waals surface area contributed by atoms with Gasteiger partial charge in [-0.05, 0) is 192 Å². The lowest BCUT2D eigenvalue weighted by molar-refractivity contribution is 0.0398. The largest absolute Gasteiger partial charge is 0.444 e. The fraction of sp³-hybridized carbons (Fsp3) is 0.316. The third kappa shape index (κ3) is 34.2. The Morgan fingerprint density at radius 1 is 0.392 bits per heavy atom. The van der Waals surface area contributed by atoms with Crippen LogP contribution in [0.2, 0.25) is 5.15 Å². The summed E-state index contributed by atoms with van der Waals surface area (Å²) in [4.78, 5) is 126. The maximum atomic E-state index is 12.2. The molecule has 2 aliphatic heterocycles. The first kappa shape index (κ1) is 107. The van der Waals surface area contributed by atoms with Gasteiger partial charge in [-0.3, -0.25) is 30.0 Å². The van der Waals surface area contributed by atoms with Crippen molar-refractivity contribution in [3.8, 4) is 56.3 Å². The molecule has 11 N–H and O–H groups in total. The Hall–Kier alpha value is -14.9. The zero-order chi connectivity index (χ0) is 102. The second kappa shape index (κ2) is 52.0. The van der Waals surface area contributed by atoms with Gasteiger partial charge >= 0.3 is 18.3 Å². The first-order valence-corrected chi connectivity index (χ1v) is 49.6. The third-order valence-corrected chi connectivity index (χ3v) is 22.9. The summed E-state index contributed by atoms with van der Waals surface area (Å²) >= 11 is 9.02. The Balaban J connectivity index is 0.000000163. The first-order chi connectivity index (χ1) is 68.6. The van der Waals surface area contributed by atoms with E-state index in [2.05, 4.69) is 157 Å².